The van der Waals surface area contributed by atoms with E-state index in [-0.39, 0.29) is 11.8 Å². The molecule has 1 amide bonds. The van der Waals surface area contributed by atoms with Crippen molar-refractivity contribution in [3.8, 4) is 17.2 Å². The number of amides is 1. The molecule has 1 heterocycles. The SMILES string of the molecule is COc1cc(C2CC(=O)N(Cc3ccccc3C)c3ccc4ccccc4c32)cc(OC)c1OC. The van der Waals surface area contributed by atoms with E-state index in [9.17, 15) is 4.79 Å². The summed E-state index contributed by atoms with van der Waals surface area (Å²) in [4.78, 5) is 15.6. The Hall–Kier alpha value is -3.99. The second-order valence-electron chi connectivity index (χ2n) is 8.84. The van der Waals surface area contributed by atoms with Gasteiger partial charge in [-0.15, -0.1) is 0 Å². The average Bonchev–Trinajstić information content (AvgIpc) is 2.89. The molecule has 4 aromatic rings. The summed E-state index contributed by atoms with van der Waals surface area (Å²) in [7, 11) is 4.82. The summed E-state index contributed by atoms with van der Waals surface area (Å²) < 4.78 is 16.8. The van der Waals surface area contributed by atoms with Gasteiger partial charge >= 0.3 is 0 Å². The van der Waals surface area contributed by atoms with E-state index in [1.807, 2.05) is 35.2 Å². The molecule has 178 valence electrons. The number of hydrogen-bond donors (Lipinski definition) is 0. The number of hydrogen-bond acceptors (Lipinski definition) is 4. The highest BCUT2D eigenvalue weighted by Gasteiger charge is 2.35. The zero-order valence-corrected chi connectivity index (χ0v) is 20.5. The van der Waals surface area contributed by atoms with Crippen LogP contribution in [0.15, 0.2) is 72.8 Å². The lowest BCUT2D eigenvalue weighted by Crippen LogP contribution is -2.36. The standard InChI is InChI=1S/C30H29NO4/c1-19-9-5-6-11-21(19)18-31-25-14-13-20-10-7-8-12-23(20)29(25)24(17-28(31)32)22-15-26(33-2)30(35-4)27(16-22)34-3/h5-16,24H,17-18H2,1-4H3. The highest BCUT2D eigenvalue weighted by atomic mass is 16.5. The normalized spacial score (nSPS) is 15.1. The number of carbonyl (C=O) groups is 1. The van der Waals surface area contributed by atoms with Crippen LogP contribution in [0.25, 0.3) is 10.8 Å². The third-order valence-electron chi connectivity index (χ3n) is 6.95. The molecule has 1 unspecified atom stereocenters. The maximum atomic E-state index is 13.7. The van der Waals surface area contributed by atoms with Crippen LogP contribution in [-0.4, -0.2) is 27.2 Å². The molecule has 5 rings (SSSR count). The van der Waals surface area contributed by atoms with Gasteiger partial charge in [-0.1, -0.05) is 54.6 Å². The molecule has 0 N–H and O–H groups in total. The molecule has 0 bridgehead atoms. The Kier molecular flexibility index (Phi) is 6.08. The van der Waals surface area contributed by atoms with Crippen molar-refractivity contribution < 1.29 is 19.0 Å². The van der Waals surface area contributed by atoms with Crippen molar-refractivity contribution in [3.05, 3.63) is 95.1 Å². The van der Waals surface area contributed by atoms with E-state index in [0.717, 1.165) is 33.2 Å². The monoisotopic (exact) mass is 467 g/mol. The minimum Gasteiger partial charge on any atom is -0.493 e. The topological polar surface area (TPSA) is 48.0 Å². The highest BCUT2D eigenvalue weighted by Crippen LogP contribution is 2.48. The van der Waals surface area contributed by atoms with Gasteiger partial charge in [0, 0.05) is 18.0 Å². The van der Waals surface area contributed by atoms with E-state index in [2.05, 4.69) is 49.4 Å². The summed E-state index contributed by atoms with van der Waals surface area (Å²) in [5, 5.41) is 2.29. The minimum absolute atomic E-state index is 0.0924. The molecule has 0 radical (unpaired) electrons. The van der Waals surface area contributed by atoms with Crippen molar-refractivity contribution in [2.24, 2.45) is 0 Å². The number of benzene rings is 4. The molecule has 0 saturated heterocycles. The summed E-state index contributed by atoms with van der Waals surface area (Å²) >= 11 is 0. The molecule has 1 atom stereocenters. The number of fused-ring (bicyclic) bond motifs is 3. The first-order valence-corrected chi connectivity index (χ1v) is 11.7. The van der Waals surface area contributed by atoms with Gasteiger partial charge in [0.05, 0.1) is 27.9 Å². The molecule has 1 aliphatic heterocycles. The summed E-state index contributed by atoms with van der Waals surface area (Å²) in [5.74, 6) is 1.65. The number of anilines is 1. The van der Waals surface area contributed by atoms with Crippen molar-refractivity contribution >= 4 is 22.4 Å². The van der Waals surface area contributed by atoms with Crippen molar-refractivity contribution in [2.75, 3.05) is 26.2 Å². The third kappa shape index (κ3) is 3.97. The van der Waals surface area contributed by atoms with E-state index < -0.39 is 0 Å². The van der Waals surface area contributed by atoms with Crippen LogP contribution in [0.3, 0.4) is 0 Å². The Morgan fingerprint density at radius 3 is 2.23 bits per heavy atom. The first-order valence-electron chi connectivity index (χ1n) is 11.7. The Balaban J connectivity index is 1.71. The molecule has 5 heteroatoms. The van der Waals surface area contributed by atoms with Gasteiger partial charge in [-0.3, -0.25) is 4.79 Å². The van der Waals surface area contributed by atoms with Gasteiger partial charge in [-0.2, -0.15) is 0 Å². The predicted octanol–water partition coefficient (Wildman–Crippen LogP) is 6.24. The van der Waals surface area contributed by atoms with Crippen LogP contribution in [0, 0.1) is 6.92 Å². The Labute approximate surface area is 205 Å². The molecular formula is C30H29NO4. The Morgan fingerprint density at radius 1 is 0.857 bits per heavy atom. The molecule has 1 aliphatic rings. The predicted molar refractivity (Wildman–Crippen MR) is 139 cm³/mol. The van der Waals surface area contributed by atoms with Crippen molar-refractivity contribution in [1.29, 1.82) is 0 Å². The van der Waals surface area contributed by atoms with Crippen molar-refractivity contribution in [1.82, 2.24) is 0 Å². The Bertz CT molecular complexity index is 1390. The van der Waals surface area contributed by atoms with Gasteiger partial charge in [0.25, 0.3) is 0 Å². The molecule has 0 fully saturated rings. The first kappa shape index (κ1) is 22.8. The lowest BCUT2D eigenvalue weighted by molar-refractivity contribution is -0.119. The maximum absolute atomic E-state index is 13.7. The number of nitrogens with zero attached hydrogens (tertiary/aromatic N) is 1. The maximum Gasteiger partial charge on any atom is 0.228 e. The van der Waals surface area contributed by atoms with E-state index in [1.54, 1.807) is 21.3 Å². The lowest BCUT2D eigenvalue weighted by Gasteiger charge is -2.36. The van der Waals surface area contributed by atoms with Crippen LogP contribution in [0.4, 0.5) is 5.69 Å². The fourth-order valence-electron chi connectivity index (χ4n) is 5.13. The zero-order valence-electron chi connectivity index (χ0n) is 20.5. The number of methoxy groups -OCH3 is 3. The molecule has 35 heavy (non-hydrogen) atoms. The molecule has 0 spiro atoms. The second kappa shape index (κ2) is 9.34. The van der Waals surface area contributed by atoms with Gasteiger partial charge in [-0.25, -0.2) is 0 Å². The molecule has 0 aliphatic carbocycles. The van der Waals surface area contributed by atoms with Crippen molar-refractivity contribution in [3.63, 3.8) is 0 Å². The fourth-order valence-corrected chi connectivity index (χ4v) is 5.13. The van der Waals surface area contributed by atoms with E-state index in [4.69, 9.17) is 14.2 Å². The number of rotatable bonds is 6. The summed E-state index contributed by atoms with van der Waals surface area (Å²) in [5.41, 5.74) is 5.37. The number of carbonyl (C=O) groups excluding carboxylic acids is 1. The van der Waals surface area contributed by atoms with Gasteiger partial charge in [0.2, 0.25) is 11.7 Å². The van der Waals surface area contributed by atoms with Gasteiger partial charge in [-0.05, 0) is 58.1 Å². The third-order valence-corrected chi connectivity index (χ3v) is 6.95. The summed E-state index contributed by atoms with van der Waals surface area (Å²) in [6, 6.07) is 24.7. The van der Waals surface area contributed by atoms with Gasteiger partial charge in [0.1, 0.15) is 0 Å². The smallest absolute Gasteiger partial charge is 0.228 e. The fraction of sp³-hybridized carbons (Fsp3) is 0.233. The van der Waals surface area contributed by atoms with Gasteiger partial charge in [0.15, 0.2) is 11.5 Å². The van der Waals surface area contributed by atoms with Crippen LogP contribution in [0.2, 0.25) is 0 Å². The molecule has 5 nitrogen and oxygen atoms in total. The van der Waals surface area contributed by atoms with Crippen LogP contribution < -0.4 is 19.1 Å². The number of ether oxygens (including phenoxy) is 3. The van der Waals surface area contributed by atoms with Crippen molar-refractivity contribution in [2.45, 2.75) is 25.8 Å². The van der Waals surface area contributed by atoms with Crippen LogP contribution in [0.1, 0.15) is 34.6 Å². The molecule has 0 aromatic heterocycles. The van der Waals surface area contributed by atoms with Crippen LogP contribution >= 0.6 is 0 Å². The highest BCUT2D eigenvalue weighted by molar-refractivity contribution is 6.03. The molecule has 4 aromatic carbocycles. The largest absolute Gasteiger partial charge is 0.493 e. The zero-order chi connectivity index (χ0) is 24.5. The lowest BCUT2D eigenvalue weighted by atomic mass is 9.81. The van der Waals surface area contributed by atoms with E-state index in [0.29, 0.717) is 30.2 Å². The quantitative estimate of drug-likeness (QED) is 0.337. The summed E-state index contributed by atoms with van der Waals surface area (Å²) in [6.45, 7) is 2.63. The van der Waals surface area contributed by atoms with Crippen LogP contribution in [0.5, 0.6) is 17.2 Å². The van der Waals surface area contributed by atoms with Gasteiger partial charge < -0.3 is 19.1 Å². The molecular weight excluding hydrogens is 438 g/mol. The minimum atomic E-state index is -0.148. The Morgan fingerprint density at radius 2 is 1.54 bits per heavy atom. The summed E-state index contributed by atoms with van der Waals surface area (Å²) in [6.07, 6.45) is 0.353. The first-order chi connectivity index (χ1) is 17.0. The van der Waals surface area contributed by atoms with E-state index >= 15 is 0 Å². The second-order valence-corrected chi connectivity index (χ2v) is 8.84. The molecule has 0 saturated carbocycles. The van der Waals surface area contributed by atoms with E-state index in [1.165, 1.54) is 5.56 Å². The van der Waals surface area contributed by atoms with Crippen LogP contribution in [-0.2, 0) is 11.3 Å². The average molecular weight is 468 g/mol. The number of aryl methyl sites for hydroxylation is 1.